The Labute approximate surface area is 276 Å². The summed E-state index contributed by atoms with van der Waals surface area (Å²) < 4.78 is 2.41. The fourth-order valence-electron chi connectivity index (χ4n) is 7.51. The van der Waals surface area contributed by atoms with Crippen LogP contribution in [0.15, 0.2) is 105 Å². The molecular formula is C36H35Br2Cl2SiZr. The van der Waals surface area contributed by atoms with Gasteiger partial charge in [-0.15, -0.1) is 0 Å². The van der Waals surface area contributed by atoms with Crippen LogP contribution in [0, 0.1) is 0 Å². The molecule has 0 amide bonds. The molecule has 4 aromatic rings. The van der Waals surface area contributed by atoms with Crippen molar-refractivity contribution in [2.45, 2.75) is 47.0 Å². The third kappa shape index (κ3) is 4.74. The van der Waals surface area contributed by atoms with Crippen LogP contribution in [0.25, 0.3) is 34.4 Å². The van der Waals surface area contributed by atoms with Crippen LogP contribution in [-0.4, -0.2) is 5.92 Å². The Morgan fingerprint density at radius 1 is 0.595 bits per heavy atom. The van der Waals surface area contributed by atoms with Crippen molar-refractivity contribution < 1.29 is 15.6 Å². The molecule has 0 heterocycles. The quantitative estimate of drug-likeness (QED) is 0.163. The van der Waals surface area contributed by atoms with Crippen molar-refractivity contribution in [2.24, 2.45) is 0 Å². The van der Waals surface area contributed by atoms with Gasteiger partial charge in [-0.2, -0.15) is 0 Å². The van der Waals surface area contributed by atoms with Gasteiger partial charge >= 0.3 is 279 Å². The van der Waals surface area contributed by atoms with Gasteiger partial charge in [-0.05, 0) is 0 Å². The summed E-state index contributed by atoms with van der Waals surface area (Å²) in [7, 11) is 17.1. The van der Waals surface area contributed by atoms with Crippen molar-refractivity contribution in [3.8, 4) is 22.3 Å². The van der Waals surface area contributed by atoms with Gasteiger partial charge in [-0.1, -0.05) is 0 Å². The third-order valence-electron chi connectivity index (χ3n) is 9.65. The number of benzene rings is 4. The standard InChI is InChI=1S/2C17H14Br.C2H7Si.2ClH.Zr/c2*1-2-12-10-13-6-5-8-14(16(13)11-12)15-7-3-4-9-17(15)18;1-3-2;;;/h2*3-11H,2H2,1H3;3H,1-2H3;2*1H;/q;;;;;+2/p-2. The first-order chi connectivity index (χ1) is 20.1. The second-order valence-corrected chi connectivity index (χ2v) is 56.2. The Balaban J connectivity index is 1.60. The fraction of sp³-hybridized carbons (Fsp3) is 0.222. The zero-order valence-electron chi connectivity index (χ0n) is 24.4. The molecule has 2 aliphatic carbocycles. The van der Waals surface area contributed by atoms with Crippen LogP contribution in [0.4, 0.5) is 0 Å². The SMILES string of the molecule is CCC1=Cc2c(-c3ccccc3Br)cccc2[CH]1[Zr]([Cl])([Cl])([CH]1C(CC)=Cc2c(-c3ccccc3Br)cccc21)[SiH](C)C. The van der Waals surface area contributed by atoms with Gasteiger partial charge in [-0.25, -0.2) is 0 Å². The zero-order valence-corrected chi connectivity index (χ0v) is 32.7. The molecule has 0 N–H and O–H groups in total. The molecule has 215 valence electrons. The number of allylic oxidation sites excluding steroid dienone is 2. The van der Waals surface area contributed by atoms with Crippen molar-refractivity contribution >= 4 is 67.0 Å². The summed E-state index contributed by atoms with van der Waals surface area (Å²) in [5.41, 5.74) is 13.0. The molecule has 0 nitrogen and oxygen atoms in total. The van der Waals surface area contributed by atoms with Crippen LogP contribution in [0.1, 0.15) is 56.2 Å². The Hall–Kier alpha value is -1.00. The molecule has 0 saturated heterocycles. The van der Waals surface area contributed by atoms with Crippen molar-refractivity contribution in [2.75, 3.05) is 0 Å². The van der Waals surface area contributed by atoms with Crippen LogP contribution < -0.4 is 0 Å². The van der Waals surface area contributed by atoms with Gasteiger partial charge in [0.2, 0.25) is 0 Å². The molecule has 0 aromatic heterocycles. The van der Waals surface area contributed by atoms with Gasteiger partial charge in [0.25, 0.3) is 0 Å². The predicted molar refractivity (Wildman–Crippen MR) is 192 cm³/mol. The molecule has 0 bridgehead atoms. The molecule has 2 aliphatic rings. The fourth-order valence-corrected chi connectivity index (χ4v) is 40.3. The van der Waals surface area contributed by atoms with Crippen molar-refractivity contribution in [3.63, 3.8) is 0 Å². The number of halogens is 4. The van der Waals surface area contributed by atoms with Gasteiger partial charge in [0.05, 0.1) is 0 Å². The van der Waals surface area contributed by atoms with Gasteiger partial charge in [-0.3, -0.25) is 0 Å². The van der Waals surface area contributed by atoms with E-state index in [2.05, 4.69) is 156 Å². The van der Waals surface area contributed by atoms with E-state index in [0.29, 0.717) is 0 Å². The Kier molecular flexibility index (Phi) is 8.66. The van der Waals surface area contributed by atoms with Crippen molar-refractivity contribution in [1.29, 1.82) is 0 Å². The third-order valence-corrected chi connectivity index (χ3v) is 62.9. The van der Waals surface area contributed by atoms with E-state index >= 15 is 0 Å². The van der Waals surface area contributed by atoms with Gasteiger partial charge in [0, 0.05) is 0 Å². The van der Waals surface area contributed by atoms with E-state index in [-0.39, 0.29) is 7.25 Å². The van der Waals surface area contributed by atoms with E-state index in [1.807, 2.05) is 0 Å². The normalized spacial score (nSPS) is 18.7. The molecule has 0 saturated carbocycles. The molecule has 42 heavy (non-hydrogen) atoms. The molecule has 0 spiro atoms. The van der Waals surface area contributed by atoms with Crippen molar-refractivity contribution in [1.82, 2.24) is 0 Å². The number of hydrogen-bond acceptors (Lipinski definition) is 0. The molecule has 4 aromatic carbocycles. The van der Waals surface area contributed by atoms with Gasteiger partial charge in [0.1, 0.15) is 0 Å². The summed E-state index contributed by atoms with van der Waals surface area (Å²) in [5, 5.41) is 0. The molecule has 2 unspecified atom stereocenters. The summed E-state index contributed by atoms with van der Waals surface area (Å²) in [6, 6.07) is 30.6. The number of rotatable bonds is 7. The minimum atomic E-state index is -4.76. The maximum absolute atomic E-state index is 8.54. The Bertz CT molecular complexity index is 1650. The number of fused-ring (bicyclic) bond motifs is 2. The summed E-state index contributed by atoms with van der Waals surface area (Å²) in [6.07, 6.45) is 6.76. The predicted octanol–water partition coefficient (Wildman–Crippen LogP) is 12.9. The first-order valence-corrected chi connectivity index (χ1v) is 32.7. The molecule has 6 heteroatoms. The van der Waals surface area contributed by atoms with E-state index in [4.69, 9.17) is 17.0 Å². The van der Waals surface area contributed by atoms with E-state index in [1.165, 1.54) is 55.7 Å². The molecule has 0 fully saturated rings. The summed E-state index contributed by atoms with van der Waals surface area (Å²) in [5.74, 6) is -1.60. The van der Waals surface area contributed by atoms with Crippen LogP contribution >= 0.6 is 48.9 Å². The molecule has 6 rings (SSSR count). The summed E-state index contributed by atoms with van der Waals surface area (Å²) in [4.78, 5) is 0. The summed E-state index contributed by atoms with van der Waals surface area (Å²) >= 11 is 2.87. The van der Waals surface area contributed by atoms with Crippen LogP contribution in [0.3, 0.4) is 0 Å². The topological polar surface area (TPSA) is 0 Å². The zero-order chi connectivity index (χ0) is 29.8. The van der Waals surface area contributed by atoms with Crippen LogP contribution in [-0.2, 0) is 15.6 Å². The first-order valence-electron chi connectivity index (χ1n) is 14.9. The van der Waals surface area contributed by atoms with Crippen LogP contribution in [0.2, 0.25) is 13.1 Å². The van der Waals surface area contributed by atoms with Crippen LogP contribution in [0.5, 0.6) is 0 Å². The Morgan fingerprint density at radius 2 is 0.976 bits per heavy atom. The minimum absolute atomic E-state index is 0.0990. The monoisotopic (exact) mass is 813 g/mol. The first kappa shape index (κ1) is 31.0. The van der Waals surface area contributed by atoms with E-state index in [0.717, 1.165) is 21.8 Å². The van der Waals surface area contributed by atoms with E-state index in [9.17, 15) is 0 Å². The van der Waals surface area contributed by atoms with E-state index in [1.54, 1.807) is 0 Å². The summed E-state index contributed by atoms with van der Waals surface area (Å²) in [6.45, 7) is 9.41. The van der Waals surface area contributed by atoms with Gasteiger partial charge in [0.15, 0.2) is 0 Å². The molecule has 0 aliphatic heterocycles. The average molecular weight is 818 g/mol. The Morgan fingerprint density at radius 3 is 1.33 bits per heavy atom. The number of hydrogen-bond donors (Lipinski definition) is 0. The van der Waals surface area contributed by atoms with Gasteiger partial charge < -0.3 is 0 Å². The van der Waals surface area contributed by atoms with E-state index < -0.39 is 21.5 Å². The molecule has 2 atom stereocenters. The van der Waals surface area contributed by atoms with Crippen molar-refractivity contribution in [3.05, 3.63) is 127 Å². The maximum atomic E-state index is 8.54. The second-order valence-electron chi connectivity index (χ2n) is 12.0. The molecular weight excluding hydrogens is 782 g/mol. The second kappa shape index (κ2) is 11.7. The average Bonchev–Trinajstić information content (AvgIpc) is 3.57. The molecule has 0 radical (unpaired) electrons.